The summed E-state index contributed by atoms with van der Waals surface area (Å²) in [5, 5.41) is 16.1. The number of ether oxygens (including phenoxy) is 2. The van der Waals surface area contributed by atoms with Crippen molar-refractivity contribution in [3.63, 3.8) is 0 Å². The second-order valence-electron chi connectivity index (χ2n) is 10.4. The van der Waals surface area contributed by atoms with E-state index >= 15 is 0 Å². The van der Waals surface area contributed by atoms with Crippen molar-refractivity contribution in [3.8, 4) is 5.75 Å². The summed E-state index contributed by atoms with van der Waals surface area (Å²) in [5.74, 6) is 0.556. The lowest BCUT2D eigenvalue weighted by Gasteiger charge is -2.45. The Morgan fingerprint density at radius 1 is 1.14 bits per heavy atom. The van der Waals surface area contributed by atoms with Gasteiger partial charge in [0.1, 0.15) is 0 Å². The quantitative estimate of drug-likeness (QED) is 0.361. The minimum absolute atomic E-state index is 0.00690. The molecule has 10 heteroatoms. The Labute approximate surface area is 211 Å². The second-order valence-corrected chi connectivity index (χ2v) is 10.4. The van der Waals surface area contributed by atoms with Gasteiger partial charge in [-0.1, -0.05) is 6.07 Å². The average molecular weight is 500 g/mol. The lowest BCUT2D eigenvalue weighted by Crippen LogP contribution is -2.66. The van der Waals surface area contributed by atoms with Gasteiger partial charge in [-0.15, -0.1) is 0 Å². The van der Waals surface area contributed by atoms with Crippen LogP contribution in [0.15, 0.2) is 18.2 Å². The van der Waals surface area contributed by atoms with E-state index in [0.717, 1.165) is 45.3 Å². The summed E-state index contributed by atoms with van der Waals surface area (Å²) in [6.07, 6.45) is 4.87. The SMILES string of the molecule is COc1c(NC2CC(NC(=O)C3CC3)NC3CCNC(=O)C23)cccc1C(=O)NCC1CCOCC1. The van der Waals surface area contributed by atoms with Gasteiger partial charge in [-0.25, -0.2) is 0 Å². The third kappa shape index (κ3) is 5.59. The zero-order valence-electron chi connectivity index (χ0n) is 20.8. The van der Waals surface area contributed by atoms with E-state index < -0.39 is 0 Å². The highest BCUT2D eigenvalue weighted by atomic mass is 16.5. The Balaban J connectivity index is 1.31. The Hall–Kier alpha value is -2.85. The van der Waals surface area contributed by atoms with Gasteiger partial charge in [0.15, 0.2) is 5.75 Å². The maximum absolute atomic E-state index is 13.1. The molecule has 1 aromatic rings. The van der Waals surface area contributed by atoms with Crippen molar-refractivity contribution >= 4 is 23.4 Å². The van der Waals surface area contributed by atoms with Crippen LogP contribution in [-0.2, 0) is 14.3 Å². The molecule has 0 aromatic heterocycles. The first-order chi connectivity index (χ1) is 17.5. The Kier molecular flexibility index (Phi) is 7.62. The maximum atomic E-state index is 13.1. The Morgan fingerprint density at radius 3 is 2.69 bits per heavy atom. The number of fused-ring (bicyclic) bond motifs is 1. The smallest absolute Gasteiger partial charge is 0.255 e. The Bertz CT molecular complexity index is 977. The molecule has 4 aliphatic rings. The van der Waals surface area contributed by atoms with Gasteiger partial charge in [0.05, 0.1) is 30.4 Å². The molecular formula is C26H37N5O5. The van der Waals surface area contributed by atoms with Gasteiger partial charge in [0.2, 0.25) is 11.8 Å². The van der Waals surface area contributed by atoms with E-state index in [4.69, 9.17) is 9.47 Å². The summed E-state index contributed by atoms with van der Waals surface area (Å²) in [6.45, 7) is 2.67. The van der Waals surface area contributed by atoms with Crippen LogP contribution in [0.1, 0.15) is 48.9 Å². The van der Waals surface area contributed by atoms with Gasteiger partial charge in [-0.05, 0) is 50.2 Å². The number of amides is 3. The molecule has 4 atom stereocenters. The largest absolute Gasteiger partial charge is 0.494 e. The van der Waals surface area contributed by atoms with Crippen LogP contribution < -0.4 is 31.3 Å². The molecule has 36 heavy (non-hydrogen) atoms. The summed E-state index contributed by atoms with van der Waals surface area (Å²) in [4.78, 5) is 38.4. The zero-order chi connectivity index (χ0) is 25.1. The molecule has 0 bridgehead atoms. The van der Waals surface area contributed by atoms with E-state index in [9.17, 15) is 14.4 Å². The van der Waals surface area contributed by atoms with E-state index in [0.29, 0.717) is 42.4 Å². The van der Waals surface area contributed by atoms with E-state index in [1.165, 1.54) is 0 Å². The molecule has 0 spiro atoms. The number of para-hydroxylation sites is 1. The molecule has 196 valence electrons. The van der Waals surface area contributed by atoms with Crippen molar-refractivity contribution < 1.29 is 23.9 Å². The van der Waals surface area contributed by atoms with Gasteiger partial charge in [-0.2, -0.15) is 0 Å². The molecule has 4 fully saturated rings. The fraction of sp³-hybridized carbons (Fsp3) is 0.654. The van der Waals surface area contributed by atoms with Crippen LogP contribution in [0.5, 0.6) is 5.75 Å². The number of rotatable bonds is 8. The highest BCUT2D eigenvalue weighted by Gasteiger charge is 2.45. The summed E-state index contributed by atoms with van der Waals surface area (Å²) >= 11 is 0. The van der Waals surface area contributed by atoms with Crippen molar-refractivity contribution in [2.45, 2.75) is 56.8 Å². The monoisotopic (exact) mass is 499 g/mol. The van der Waals surface area contributed by atoms with Crippen LogP contribution in [0.4, 0.5) is 5.69 Å². The molecule has 4 unspecified atom stereocenters. The van der Waals surface area contributed by atoms with Gasteiger partial charge >= 0.3 is 0 Å². The number of nitrogens with one attached hydrogen (secondary N) is 5. The first-order valence-corrected chi connectivity index (χ1v) is 13.2. The number of hydrogen-bond donors (Lipinski definition) is 5. The van der Waals surface area contributed by atoms with Crippen LogP contribution in [0.2, 0.25) is 0 Å². The molecule has 10 nitrogen and oxygen atoms in total. The second kappa shape index (κ2) is 11.0. The van der Waals surface area contributed by atoms with Crippen molar-refractivity contribution in [1.82, 2.24) is 21.3 Å². The third-order valence-corrected chi connectivity index (χ3v) is 7.79. The number of carbonyl (C=O) groups excluding carboxylic acids is 3. The minimum atomic E-state index is -0.302. The van der Waals surface area contributed by atoms with Crippen molar-refractivity contribution in [2.75, 3.05) is 38.7 Å². The number of benzene rings is 1. The fourth-order valence-corrected chi connectivity index (χ4v) is 5.62. The van der Waals surface area contributed by atoms with Gasteiger partial charge in [0.25, 0.3) is 5.91 Å². The zero-order valence-corrected chi connectivity index (χ0v) is 20.8. The lowest BCUT2D eigenvalue weighted by atomic mass is 9.80. The van der Waals surface area contributed by atoms with Gasteiger partial charge in [0, 0.05) is 50.7 Å². The van der Waals surface area contributed by atoms with E-state index in [-0.39, 0.29) is 47.8 Å². The third-order valence-electron chi connectivity index (χ3n) is 7.79. The summed E-state index contributed by atoms with van der Waals surface area (Å²) < 4.78 is 11.1. The molecule has 5 N–H and O–H groups in total. The molecule has 3 saturated heterocycles. The predicted molar refractivity (Wildman–Crippen MR) is 134 cm³/mol. The minimum Gasteiger partial charge on any atom is -0.494 e. The molecule has 5 rings (SSSR count). The van der Waals surface area contributed by atoms with Crippen molar-refractivity contribution in [3.05, 3.63) is 23.8 Å². The van der Waals surface area contributed by atoms with Crippen LogP contribution in [0.3, 0.4) is 0 Å². The van der Waals surface area contributed by atoms with Crippen LogP contribution >= 0.6 is 0 Å². The molecule has 0 radical (unpaired) electrons. The van der Waals surface area contributed by atoms with Crippen LogP contribution in [0.25, 0.3) is 0 Å². The highest BCUT2D eigenvalue weighted by molar-refractivity contribution is 5.99. The standard InChI is InChI=1S/C26H37N5O5/c1-35-23-17(25(33)28-14-15-8-11-36-12-9-15)3-2-4-19(23)29-20-13-21(31-24(32)16-5-6-16)30-18-7-10-27-26(34)22(18)20/h2-4,15-16,18,20-22,29-30H,5-14H2,1H3,(H,27,34)(H,28,33)(H,31,32). The first-order valence-electron chi connectivity index (χ1n) is 13.2. The summed E-state index contributed by atoms with van der Waals surface area (Å²) in [7, 11) is 1.55. The number of piperidine rings is 2. The number of anilines is 1. The topological polar surface area (TPSA) is 130 Å². The number of methoxy groups -OCH3 is 1. The van der Waals surface area contributed by atoms with E-state index in [2.05, 4.69) is 26.6 Å². The summed E-state index contributed by atoms with van der Waals surface area (Å²) in [5.41, 5.74) is 1.11. The molecule has 1 saturated carbocycles. The highest BCUT2D eigenvalue weighted by Crippen LogP contribution is 2.34. The van der Waals surface area contributed by atoms with Crippen molar-refractivity contribution in [1.29, 1.82) is 0 Å². The molecule has 3 heterocycles. The normalized spacial score (nSPS) is 28.4. The van der Waals surface area contributed by atoms with Gasteiger partial charge in [-0.3, -0.25) is 19.7 Å². The molecule has 3 amide bonds. The predicted octanol–water partition coefficient (Wildman–Crippen LogP) is 0.982. The number of hydrogen-bond acceptors (Lipinski definition) is 7. The number of carbonyl (C=O) groups is 3. The molecule has 1 aliphatic carbocycles. The average Bonchev–Trinajstić information content (AvgIpc) is 3.73. The Morgan fingerprint density at radius 2 is 1.94 bits per heavy atom. The van der Waals surface area contributed by atoms with Crippen molar-refractivity contribution in [2.24, 2.45) is 17.8 Å². The summed E-state index contributed by atoms with van der Waals surface area (Å²) in [6, 6.07) is 5.14. The first kappa shape index (κ1) is 24.8. The maximum Gasteiger partial charge on any atom is 0.255 e. The molecule has 1 aromatic carbocycles. The molecular weight excluding hydrogens is 462 g/mol. The van der Waals surface area contributed by atoms with Gasteiger partial charge < -0.3 is 30.7 Å². The van der Waals surface area contributed by atoms with Crippen LogP contribution in [0, 0.1) is 17.8 Å². The lowest BCUT2D eigenvalue weighted by molar-refractivity contribution is -0.129. The molecule has 3 aliphatic heterocycles. The fourth-order valence-electron chi connectivity index (χ4n) is 5.62. The van der Waals surface area contributed by atoms with E-state index in [1.807, 2.05) is 12.1 Å². The van der Waals surface area contributed by atoms with Crippen LogP contribution in [-0.4, -0.2) is 69.4 Å². The van der Waals surface area contributed by atoms with E-state index in [1.54, 1.807) is 13.2 Å².